The number of nitrogens with zero attached hydrogens (tertiary/aromatic N) is 1. The SMILES string of the molecule is CN(CC1CCCOC1)c1cccc(Cl)c1CCN. The van der Waals surface area contributed by atoms with Crippen LogP contribution in [-0.2, 0) is 11.2 Å². The lowest BCUT2D eigenvalue weighted by atomic mass is 10.0. The molecule has 0 bridgehead atoms. The van der Waals surface area contributed by atoms with Gasteiger partial charge in [-0.3, -0.25) is 0 Å². The lowest BCUT2D eigenvalue weighted by Gasteiger charge is -2.30. The molecule has 4 heteroatoms. The Balaban J connectivity index is 2.08. The van der Waals surface area contributed by atoms with Crippen LogP contribution in [0.2, 0.25) is 5.02 Å². The molecule has 2 N–H and O–H groups in total. The Morgan fingerprint density at radius 1 is 1.47 bits per heavy atom. The summed E-state index contributed by atoms with van der Waals surface area (Å²) in [6.07, 6.45) is 3.24. The third kappa shape index (κ3) is 3.85. The first-order valence-electron chi connectivity index (χ1n) is 6.98. The van der Waals surface area contributed by atoms with Crippen molar-refractivity contribution in [3.63, 3.8) is 0 Å². The Labute approximate surface area is 120 Å². The van der Waals surface area contributed by atoms with Gasteiger partial charge in [0, 0.05) is 30.9 Å². The highest BCUT2D eigenvalue weighted by atomic mass is 35.5. The van der Waals surface area contributed by atoms with E-state index in [0.29, 0.717) is 12.5 Å². The molecule has 1 heterocycles. The number of ether oxygens (including phenoxy) is 1. The molecule has 3 nitrogen and oxygen atoms in total. The monoisotopic (exact) mass is 282 g/mol. The zero-order valence-corrected chi connectivity index (χ0v) is 12.3. The van der Waals surface area contributed by atoms with Gasteiger partial charge in [0.25, 0.3) is 0 Å². The van der Waals surface area contributed by atoms with Crippen LogP contribution >= 0.6 is 11.6 Å². The molecule has 1 unspecified atom stereocenters. The van der Waals surface area contributed by atoms with Crippen molar-refractivity contribution in [2.75, 3.05) is 38.3 Å². The summed E-state index contributed by atoms with van der Waals surface area (Å²) < 4.78 is 5.55. The average molecular weight is 283 g/mol. The Morgan fingerprint density at radius 3 is 3.00 bits per heavy atom. The maximum absolute atomic E-state index is 6.29. The molecule has 0 amide bonds. The predicted molar refractivity (Wildman–Crippen MR) is 81.0 cm³/mol. The molecule has 106 valence electrons. The summed E-state index contributed by atoms with van der Waals surface area (Å²) in [5, 5.41) is 0.815. The zero-order valence-electron chi connectivity index (χ0n) is 11.6. The van der Waals surface area contributed by atoms with Gasteiger partial charge in [0.2, 0.25) is 0 Å². The quantitative estimate of drug-likeness (QED) is 0.902. The number of halogens is 1. The van der Waals surface area contributed by atoms with E-state index in [1.807, 2.05) is 12.1 Å². The van der Waals surface area contributed by atoms with Gasteiger partial charge in [0.05, 0.1) is 6.61 Å². The molecule has 0 aromatic heterocycles. The molecule has 1 aromatic rings. The van der Waals surface area contributed by atoms with Crippen molar-refractivity contribution in [1.29, 1.82) is 0 Å². The molecule has 0 saturated carbocycles. The van der Waals surface area contributed by atoms with Gasteiger partial charge in [0.15, 0.2) is 0 Å². The normalized spacial score (nSPS) is 19.4. The number of nitrogens with two attached hydrogens (primary N) is 1. The topological polar surface area (TPSA) is 38.5 Å². The molecule has 1 fully saturated rings. The maximum Gasteiger partial charge on any atom is 0.0511 e. The lowest BCUT2D eigenvalue weighted by molar-refractivity contribution is 0.0576. The fourth-order valence-electron chi connectivity index (χ4n) is 2.73. The predicted octanol–water partition coefficient (Wildman–Crippen LogP) is 2.70. The summed E-state index contributed by atoms with van der Waals surface area (Å²) in [4.78, 5) is 2.29. The summed E-state index contributed by atoms with van der Waals surface area (Å²) in [5.41, 5.74) is 8.04. The summed E-state index contributed by atoms with van der Waals surface area (Å²) in [5.74, 6) is 0.614. The van der Waals surface area contributed by atoms with Crippen LogP contribution in [0.15, 0.2) is 18.2 Å². The summed E-state index contributed by atoms with van der Waals surface area (Å²) in [6.45, 7) is 3.42. The van der Waals surface area contributed by atoms with E-state index in [1.165, 1.54) is 18.5 Å². The van der Waals surface area contributed by atoms with E-state index in [0.717, 1.165) is 36.8 Å². The summed E-state index contributed by atoms with van der Waals surface area (Å²) >= 11 is 6.29. The van der Waals surface area contributed by atoms with Crippen molar-refractivity contribution in [3.05, 3.63) is 28.8 Å². The second-order valence-electron chi connectivity index (χ2n) is 5.24. The smallest absolute Gasteiger partial charge is 0.0511 e. The maximum atomic E-state index is 6.29. The molecule has 0 aliphatic carbocycles. The van der Waals surface area contributed by atoms with Crippen molar-refractivity contribution in [1.82, 2.24) is 0 Å². The number of rotatable bonds is 5. The third-order valence-corrected chi connectivity index (χ3v) is 4.04. The Hall–Kier alpha value is -0.770. The molecule has 1 saturated heterocycles. The van der Waals surface area contributed by atoms with Gasteiger partial charge in [-0.25, -0.2) is 0 Å². The van der Waals surface area contributed by atoms with Crippen LogP contribution in [0, 0.1) is 5.92 Å². The highest BCUT2D eigenvalue weighted by molar-refractivity contribution is 6.31. The van der Waals surface area contributed by atoms with Crippen LogP contribution in [0.3, 0.4) is 0 Å². The van der Waals surface area contributed by atoms with Crippen molar-refractivity contribution in [2.45, 2.75) is 19.3 Å². The molecule has 19 heavy (non-hydrogen) atoms. The molecule has 1 atom stereocenters. The first-order valence-corrected chi connectivity index (χ1v) is 7.36. The van der Waals surface area contributed by atoms with E-state index in [9.17, 15) is 0 Å². The molecule has 1 aliphatic rings. The zero-order chi connectivity index (χ0) is 13.7. The van der Waals surface area contributed by atoms with Crippen LogP contribution in [-0.4, -0.2) is 33.4 Å². The number of hydrogen-bond donors (Lipinski definition) is 1. The van der Waals surface area contributed by atoms with E-state index in [2.05, 4.69) is 18.0 Å². The van der Waals surface area contributed by atoms with Crippen molar-refractivity contribution >= 4 is 17.3 Å². The standard InChI is InChI=1S/C15H23ClN2O/c1-18(10-12-4-3-9-19-11-12)15-6-2-5-14(16)13(15)7-8-17/h2,5-6,12H,3-4,7-11,17H2,1H3. The number of benzene rings is 1. The fourth-order valence-corrected chi connectivity index (χ4v) is 3.00. The first kappa shape index (κ1) is 14.6. The summed E-state index contributed by atoms with van der Waals surface area (Å²) in [7, 11) is 2.13. The van der Waals surface area contributed by atoms with E-state index >= 15 is 0 Å². The molecular formula is C15H23ClN2O. The number of anilines is 1. The van der Waals surface area contributed by atoms with E-state index < -0.39 is 0 Å². The van der Waals surface area contributed by atoms with Crippen LogP contribution in [0.1, 0.15) is 18.4 Å². The highest BCUT2D eigenvalue weighted by Crippen LogP contribution is 2.28. The third-order valence-electron chi connectivity index (χ3n) is 3.69. The van der Waals surface area contributed by atoms with Crippen molar-refractivity contribution in [2.24, 2.45) is 11.7 Å². The second-order valence-corrected chi connectivity index (χ2v) is 5.65. The minimum absolute atomic E-state index is 0.614. The van der Waals surface area contributed by atoms with Gasteiger partial charge in [-0.05, 0) is 49.4 Å². The Bertz CT molecular complexity index is 405. The van der Waals surface area contributed by atoms with Crippen molar-refractivity contribution in [3.8, 4) is 0 Å². The average Bonchev–Trinajstić information content (AvgIpc) is 2.42. The largest absolute Gasteiger partial charge is 0.381 e. The molecule has 0 radical (unpaired) electrons. The minimum atomic E-state index is 0.614. The van der Waals surface area contributed by atoms with Gasteiger partial charge < -0.3 is 15.4 Å². The van der Waals surface area contributed by atoms with Crippen LogP contribution in [0.25, 0.3) is 0 Å². The molecule has 0 spiro atoms. The van der Waals surface area contributed by atoms with Gasteiger partial charge in [-0.1, -0.05) is 17.7 Å². The number of hydrogen-bond acceptors (Lipinski definition) is 3. The van der Waals surface area contributed by atoms with E-state index in [-0.39, 0.29) is 0 Å². The summed E-state index contributed by atoms with van der Waals surface area (Å²) in [6, 6.07) is 6.07. The minimum Gasteiger partial charge on any atom is -0.381 e. The fraction of sp³-hybridized carbons (Fsp3) is 0.600. The van der Waals surface area contributed by atoms with E-state index in [1.54, 1.807) is 0 Å². The van der Waals surface area contributed by atoms with Gasteiger partial charge in [0.1, 0.15) is 0 Å². The van der Waals surface area contributed by atoms with Crippen LogP contribution in [0.4, 0.5) is 5.69 Å². The highest BCUT2D eigenvalue weighted by Gasteiger charge is 2.18. The first-order chi connectivity index (χ1) is 9.22. The van der Waals surface area contributed by atoms with Gasteiger partial charge >= 0.3 is 0 Å². The Kier molecular flexibility index (Phi) is 5.49. The van der Waals surface area contributed by atoms with E-state index in [4.69, 9.17) is 22.1 Å². The van der Waals surface area contributed by atoms with Gasteiger partial charge in [-0.15, -0.1) is 0 Å². The lowest BCUT2D eigenvalue weighted by Crippen LogP contribution is -2.31. The Morgan fingerprint density at radius 2 is 2.32 bits per heavy atom. The van der Waals surface area contributed by atoms with Crippen molar-refractivity contribution < 1.29 is 4.74 Å². The van der Waals surface area contributed by atoms with Gasteiger partial charge in [-0.2, -0.15) is 0 Å². The molecule has 1 aromatic carbocycles. The molecule has 1 aliphatic heterocycles. The second kappa shape index (κ2) is 7.13. The van der Waals surface area contributed by atoms with Crippen LogP contribution < -0.4 is 10.6 Å². The van der Waals surface area contributed by atoms with Crippen LogP contribution in [0.5, 0.6) is 0 Å². The molecular weight excluding hydrogens is 260 g/mol. The molecule has 2 rings (SSSR count).